The van der Waals surface area contributed by atoms with Crippen molar-refractivity contribution in [3.63, 3.8) is 0 Å². The van der Waals surface area contributed by atoms with Crippen molar-refractivity contribution in [3.05, 3.63) is 35.4 Å². The lowest BCUT2D eigenvalue weighted by Gasteiger charge is -2.23. The summed E-state index contributed by atoms with van der Waals surface area (Å²) in [4.78, 5) is 12.1. The third-order valence-electron chi connectivity index (χ3n) is 4.18. The number of aryl methyl sites for hydroxylation is 1. The second kappa shape index (κ2) is 6.71. The molecule has 1 unspecified atom stereocenters. The maximum atomic E-state index is 12.1. The van der Waals surface area contributed by atoms with Crippen molar-refractivity contribution in [3.8, 4) is 0 Å². The molecule has 0 spiro atoms. The molecular formula is C16H24N2O. The quantitative estimate of drug-likeness (QED) is 0.852. The fourth-order valence-electron chi connectivity index (χ4n) is 2.97. The molecule has 1 saturated carbocycles. The van der Waals surface area contributed by atoms with Gasteiger partial charge in [-0.25, -0.2) is 0 Å². The fourth-order valence-corrected chi connectivity index (χ4v) is 2.97. The number of amides is 1. The van der Waals surface area contributed by atoms with E-state index >= 15 is 0 Å². The Morgan fingerprint density at radius 3 is 2.68 bits per heavy atom. The Balaban J connectivity index is 1.91. The normalized spacial score (nSPS) is 17.4. The van der Waals surface area contributed by atoms with Crippen LogP contribution in [0, 0.1) is 12.8 Å². The van der Waals surface area contributed by atoms with Gasteiger partial charge in [0.2, 0.25) is 5.91 Å². The molecule has 104 valence electrons. The van der Waals surface area contributed by atoms with Crippen LogP contribution in [0.5, 0.6) is 0 Å². The first-order valence-corrected chi connectivity index (χ1v) is 7.24. The Morgan fingerprint density at radius 1 is 1.37 bits per heavy atom. The molecule has 3 nitrogen and oxygen atoms in total. The molecule has 0 saturated heterocycles. The average molecular weight is 260 g/mol. The minimum absolute atomic E-state index is 0.0941. The highest BCUT2D eigenvalue weighted by Gasteiger charge is 2.25. The average Bonchev–Trinajstić information content (AvgIpc) is 2.92. The lowest BCUT2D eigenvalue weighted by molar-refractivity contribution is -0.121. The second-order valence-electron chi connectivity index (χ2n) is 5.56. The standard InChI is InChI=1S/C16H24N2O/c1-12-6-2-3-9-14(12)10-16(19)18-15(11-17)13-7-4-5-8-13/h2-3,6,9,13,15H,4-5,7-8,10-11,17H2,1H3,(H,18,19). The summed E-state index contributed by atoms with van der Waals surface area (Å²) in [6.45, 7) is 2.59. The molecule has 1 aromatic rings. The molecule has 1 aliphatic carbocycles. The Hall–Kier alpha value is -1.35. The first-order valence-electron chi connectivity index (χ1n) is 7.24. The van der Waals surface area contributed by atoms with E-state index in [4.69, 9.17) is 5.73 Å². The van der Waals surface area contributed by atoms with Gasteiger partial charge in [-0.05, 0) is 36.8 Å². The van der Waals surface area contributed by atoms with Crippen LogP contribution in [0.1, 0.15) is 36.8 Å². The van der Waals surface area contributed by atoms with Crippen molar-refractivity contribution in [2.45, 2.75) is 45.1 Å². The van der Waals surface area contributed by atoms with Crippen molar-refractivity contribution in [2.75, 3.05) is 6.54 Å². The number of carbonyl (C=O) groups excluding carboxylic acids is 1. The summed E-state index contributed by atoms with van der Waals surface area (Å²) in [5.41, 5.74) is 8.08. The minimum Gasteiger partial charge on any atom is -0.352 e. The van der Waals surface area contributed by atoms with Crippen LogP contribution in [0.15, 0.2) is 24.3 Å². The molecule has 0 heterocycles. The number of nitrogens with two attached hydrogens (primary N) is 1. The summed E-state index contributed by atoms with van der Waals surface area (Å²) in [6, 6.07) is 8.19. The highest BCUT2D eigenvalue weighted by Crippen LogP contribution is 2.27. The Bertz CT molecular complexity index is 425. The zero-order chi connectivity index (χ0) is 13.7. The zero-order valence-corrected chi connectivity index (χ0v) is 11.7. The predicted molar refractivity (Wildman–Crippen MR) is 77.8 cm³/mol. The Labute approximate surface area is 115 Å². The van der Waals surface area contributed by atoms with E-state index in [1.165, 1.54) is 31.2 Å². The van der Waals surface area contributed by atoms with Gasteiger partial charge in [0.25, 0.3) is 0 Å². The van der Waals surface area contributed by atoms with E-state index in [0.717, 1.165) is 5.56 Å². The number of benzene rings is 1. The molecule has 1 aromatic carbocycles. The lowest BCUT2D eigenvalue weighted by Crippen LogP contribution is -2.45. The summed E-state index contributed by atoms with van der Waals surface area (Å²) >= 11 is 0. The number of carbonyl (C=O) groups is 1. The van der Waals surface area contributed by atoms with Crippen LogP contribution < -0.4 is 11.1 Å². The van der Waals surface area contributed by atoms with Crippen LogP contribution in [0.3, 0.4) is 0 Å². The Morgan fingerprint density at radius 2 is 2.05 bits per heavy atom. The SMILES string of the molecule is Cc1ccccc1CC(=O)NC(CN)C1CCCC1. The molecule has 0 aromatic heterocycles. The zero-order valence-electron chi connectivity index (χ0n) is 11.7. The van der Waals surface area contributed by atoms with Crippen molar-refractivity contribution in [1.82, 2.24) is 5.32 Å². The molecule has 0 aliphatic heterocycles. The van der Waals surface area contributed by atoms with E-state index in [2.05, 4.69) is 5.32 Å². The van der Waals surface area contributed by atoms with Gasteiger partial charge in [-0.3, -0.25) is 4.79 Å². The summed E-state index contributed by atoms with van der Waals surface area (Å²) in [6.07, 6.45) is 5.40. The molecular weight excluding hydrogens is 236 g/mol. The maximum absolute atomic E-state index is 12.1. The smallest absolute Gasteiger partial charge is 0.224 e. The summed E-state index contributed by atoms with van der Waals surface area (Å²) in [7, 11) is 0. The third kappa shape index (κ3) is 3.80. The monoisotopic (exact) mass is 260 g/mol. The van der Waals surface area contributed by atoms with Crippen LogP contribution in [-0.2, 0) is 11.2 Å². The molecule has 2 rings (SSSR count). The Kier molecular flexibility index (Phi) is 4.97. The number of hydrogen-bond donors (Lipinski definition) is 2. The van der Waals surface area contributed by atoms with Gasteiger partial charge in [0.15, 0.2) is 0 Å². The van der Waals surface area contributed by atoms with Gasteiger partial charge >= 0.3 is 0 Å². The van der Waals surface area contributed by atoms with Crippen molar-refractivity contribution in [2.24, 2.45) is 11.7 Å². The van der Waals surface area contributed by atoms with Crippen LogP contribution in [0.4, 0.5) is 0 Å². The third-order valence-corrected chi connectivity index (χ3v) is 4.18. The van der Waals surface area contributed by atoms with Crippen LogP contribution >= 0.6 is 0 Å². The molecule has 3 N–H and O–H groups in total. The van der Waals surface area contributed by atoms with Crippen LogP contribution in [0.2, 0.25) is 0 Å². The van der Waals surface area contributed by atoms with Gasteiger partial charge < -0.3 is 11.1 Å². The van der Waals surface area contributed by atoms with E-state index in [1.807, 2.05) is 31.2 Å². The number of nitrogens with one attached hydrogen (secondary N) is 1. The number of hydrogen-bond acceptors (Lipinski definition) is 2. The molecule has 19 heavy (non-hydrogen) atoms. The fraction of sp³-hybridized carbons (Fsp3) is 0.562. The highest BCUT2D eigenvalue weighted by atomic mass is 16.1. The second-order valence-corrected chi connectivity index (χ2v) is 5.56. The van der Waals surface area contributed by atoms with Gasteiger partial charge in [-0.2, -0.15) is 0 Å². The predicted octanol–water partition coefficient (Wildman–Crippen LogP) is 2.17. The van der Waals surface area contributed by atoms with Crippen LogP contribution in [-0.4, -0.2) is 18.5 Å². The first kappa shape index (κ1) is 14.1. The molecule has 1 atom stereocenters. The lowest BCUT2D eigenvalue weighted by atomic mass is 9.97. The maximum Gasteiger partial charge on any atom is 0.224 e. The van der Waals surface area contributed by atoms with E-state index in [0.29, 0.717) is 18.9 Å². The largest absolute Gasteiger partial charge is 0.352 e. The molecule has 1 fully saturated rings. The minimum atomic E-state index is 0.0941. The van der Waals surface area contributed by atoms with E-state index < -0.39 is 0 Å². The van der Waals surface area contributed by atoms with Crippen molar-refractivity contribution < 1.29 is 4.79 Å². The van der Waals surface area contributed by atoms with Gasteiger partial charge in [0.05, 0.1) is 6.42 Å². The van der Waals surface area contributed by atoms with Gasteiger partial charge in [0, 0.05) is 12.6 Å². The number of rotatable bonds is 5. The summed E-state index contributed by atoms with van der Waals surface area (Å²) in [5.74, 6) is 0.669. The van der Waals surface area contributed by atoms with Gasteiger partial charge in [0.1, 0.15) is 0 Å². The van der Waals surface area contributed by atoms with Crippen LogP contribution in [0.25, 0.3) is 0 Å². The topological polar surface area (TPSA) is 55.1 Å². The molecule has 0 bridgehead atoms. The molecule has 0 radical (unpaired) electrons. The molecule has 1 aliphatic rings. The summed E-state index contributed by atoms with van der Waals surface area (Å²) in [5, 5.41) is 3.12. The van der Waals surface area contributed by atoms with E-state index in [9.17, 15) is 4.79 Å². The van der Waals surface area contributed by atoms with Gasteiger partial charge in [-0.1, -0.05) is 37.1 Å². The van der Waals surface area contributed by atoms with E-state index in [-0.39, 0.29) is 11.9 Å². The highest BCUT2D eigenvalue weighted by molar-refractivity contribution is 5.79. The van der Waals surface area contributed by atoms with Gasteiger partial charge in [-0.15, -0.1) is 0 Å². The van der Waals surface area contributed by atoms with E-state index in [1.54, 1.807) is 0 Å². The van der Waals surface area contributed by atoms with Crippen molar-refractivity contribution >= 4 is 5.91 Å². The first-order chi connectivity index (χ1) is 9.20. The summed E-state index contributed by atoms with van der Waals surface area (Å²) < 4.78 is 0. The molecule has 3 heteroatoms. The molecule has 1 amide bonds. The van der Waals surface area contributed by atoms with Crippen molar-refractivity contribution in [1.29, 1.82) is 0 Å².